The Labute approximate surface area is 109 Å². The van der Waals surface area contributed by atoms with Crippen LogP contribution in [0.3, 0.4) is 0 Å². The van der Waals surface area contributed by atoms with Crippen LogP contribution < -0.4 is 10.1 Å². The second-order valence-electron chi connectivity index (χ2n) is 4.63. The minimum absolute atomic E-state index is 0.753. The van der Waals surface area contributed by atoms with E-state index in [1.54, 1.807) is 7.11 Å². The van der Waals surface area contributed by atoms with E-state index in [9.17, 15) is 0 Å². The Bertz CT molecular complexity index is 427. The molecule has 0 saturated heterocycles. The number of methoxy groups -OCH3 is 1. The summed E-state index contributed by atoms with van der Waals surface area (Å²) < 4.78 is 10.5. The maximum atomic E-state index is 5.50. The molecule has 1 aromatic rings. The van der Waals surface area contributed by atoms with Crippen LogP contribution in [0, 0.1) is 0 Å². The molecule has 1 heterocycles. The van der Waals surface area contributed by atoms with Crippen LogP contribution in [0.2, 0.25) is 0 Å². The lowest BCUT2D eigenvalue weighted by Gasteiger charge is -2.05. The first kappa shape index (κ1) is 13.1. The van der Waals surface area contributed by atoms with Crippen LogP contribution in [-0.2, 0) is 11.2 Å². The molecule has 1 aromatic carbocycles. The van der Waals surface area contributed by atoms with Crippen molar-refractivity contribution in [2.45, 2.75) is 13.3 Å². The first-order chi connectivity index (χ1) is 8.79. The molecular weight excluding hydrogens is 226 g/mol. The molecule has 0 unspecified atom stereocenters. The van der Waals surface area contributed by atoms with Crippen molar-refractivity contribution in [1.82, 2.24) is 5.32 Å². The number of hydrogen-bond acceptors (Lipinski definition) is 3. The molecule has 0 spiro atoms. The van der Waals surface area contributed by atoms with Crippen molar-refractivity contribution in [3.8, 4) is 5.75 Å². The molecule has 0 saturated carbocycles. The second-order valence-corrected chi connectivity index (χ2v) is 4.63. The summed E-state index contributed by atoms with van der Waals surface area (Å²) in [7, 11) is 1.72. The summed E-state index contributed by atoms with van der Waals surface area (Å²) in [5.41, 5.74) is 3.90. The van der Waals surface area contributed by atoms with Gasteiger partial charge in [-0.3, -0.25) is 0 Å². The van der Waals surface area contributed by atoms with Gasteiger partial charge in [-0.2, -0.15) is 0 Å². The van der Waals surface area contributed by atoms with Gasteiger partial charge >= 0.3 is 0 Å². The molecular formula is C15H21NO2. The minimum Gasteiger partial charge on any atom is -0.493 e. The Morgan fingerprint density at radius 3 is 3.22 bits per heavy atom. The van der Waals surface area contributed by atoms with Crippen LogP contribution in [-0.4, -0.2) is 33.4 Å². The topological polar surface area (TPSA) is 30.5 Å². The third-order valence-corrected chi connectivity index (χ3v) is 3.01. The highest BCUT2D eigenvalue weighted by molar-refractivity contribution is 5.56. The lowest BCUT2D eigenvalue weighted by molar-refractivity contribution is 0.200. The van der Waals surface area contributed by atoms with Crippen molar-refractivity contribution >= 4 is 6.08 Å². The molecule has 0 radical (unpaired) electrons. The Balaban J connectivity index is 1.91. The quantitative estimate of drug-likeness (QED) is 0.782. The van der Waals surface area contributed by atoms with Gasteiger partial charge in [-0.05, 0) is 30.2 Å². The van der Waals surface area contributed by atoms with Gasteiger partial charge in [-0.25, -0.2) is 0 Å². The van der Waals surface area contributed by atoms with E-state index >= 15 is 0 Å². The SMILES string of the molecule is COCCNCC(C)=Cc1ccc2c(c1)CCO2. The summed E-state index contributed by atoms with van der Waals surface area (Å²) in [6.07, 6.45) is 3.25. The molecule has 1 N–H and O–H groups in total. The van der Waals surface area contributed by atoms with Gasteiger partial charge in [0.15, 0.2) is 0 Å². The Morgan fingerprint density at radius 1 is 1.50 bits per heavy atom. The van der Waals surface area contributed by atoms with E-state index in [0.29, 0.717) is 0 Å². The number of fused-ring (bicyclic) bond motifs is 1. The van der Waals surface area contributed by atoms with Crippen LogP contribution in [0.15, 0.2) is 23.8 Å². The smallest absolute Gasteiger partial charge is 0.122 e. The van der Waals surface area contributed by atoms with E-state index in [0.717, 1.165) is 38.5 Å². The van der Waals surface area contributed by atoms with E-state index in [1.807, 2.05) is 0 Å². The number of benzene rings is 1. The maximum absolute atomic E-state index is 5.50. The molecule has 0 fully saturated rings. The molecule has 0 aliphatic carbocycles. The zero-order valence-electron chi connectivity index (χ0n) is 11.2. The number of rotatable bonds is 6. The molecule has 0 amide bonds. The Morgan fingerprint density at radius 2 is 2.39 bits per heavy atom. The molecule has 1 aliphatic heterocycles. The minimum atomic E-state index is 0.753. The Kier molecular flexibility index (Phi) is 4.79. The highest BCUT2D eigenvalue weighted by Gasteiger charge is 2.11. The molecule has 0 atom stereocenters. The van der Waals surface area contributed by atoms with E-state index in [-0.39, 0.29) is 0 Å². The molecule has 0 aromatic heterocycles. The highest BCUT2D eigenvalue weighted by Crippen LogP contribution is 2.26. The van der Waals surface area contributed by atoms with Gasteiger partial charge in [0.1, 0.15) is 5.75 Å². The van der Waals surface area contributed by atoms with Crippen molar-refractivity contribution in [3.05, 3.63) is 34.9 Å². The highest BCUT2D eigenvalue weighted by atomic mass is 16.5. The number of nitrogens with one attached hydrogen (secondary N) is 1. The van der Waals surface area contributed by atoms with Crippen molar-refractivity contribution in [2.24, 2.45) is 0 Å². The van der Waals surface area contributed by atoms with Gasteiger partial charge in [0.2, 0.25) is 0 Å². The first-order valence-corrected chi connectivity index (χ1v) is 6.42. The van der Waals surface area contributed by atoms with Gasteiger partial charge in [0.05, 0.1) is 13.2 Å². The zero-order valence-corrected chi connectivity index (χ0v) is 11.2. The zero-order chi connectivity index (χ0) is 12.8. The molecule has 3 nitrogen and oxygen atoms in total. The van der Waals surface area contributed by atoms with Gasteiger partial charge in [-0.1, -0.05) is 17.7 Å². The van der Waals surface area contributed by atoms with Crippen molar-refractivity contribution in [3.63, 3.8) is 0 Å². The van der Waals surface area contributed by atoms with Gasteiger partial charge in [-0.15, -0.1) is 0 Å². The summed E-state index contributed by atoms with van der Waals surface area (Å²) in [6.45, 7) is 5.50. The molecule has 3 heteroatoms. The normalized spacial score (nSPS) is 14.4. The van der Waals surface area contributed by atoms with Gasteiger partial charge < -0.3 is 14.8 Å². The van der Waals surface area contributed by atoms with E-state index < -0.39 is 0 Å². The fraction of sp³-hybridized carbons (Fsp3) is 0.467. The number of ether oxygens (including phenoxy) is 2. The third kappa shape index (κ3) is 3.59. The third-order valence-electron chi connectivity index (χ3n) is 3.01. The summed E-state index contributed by atoms with van der Waals surface area (Å²) in [6, 6.07) is 6.41. The molecule has 18 heavy (non-hydrogen) atoms. The van der Waals surface area contributed by atoms with Gasteiger partial charge in [0, 0.05) is 26.6 Å². The van der Waals surface area contributed by atoms with E-state index in [2.05, 4.69) is 36.5 Å². The second kappa shape index (κ2) is 6.57. The molecule has 98 valence electrons. The number of hydrogen-bond donors (Lipinski definition) is 1. The van der Waals surface area contributed by atoms with Crippen LogP contribution >= 0.6 is 0 Å². The standard InChI is InChI=1S/C15H21NO2/c1-12(11-16-6-8-17-2)9-13-3-4-15-14(10-13)5-7-18-15/h3-4,9-10,16H,5-8,11H2,1-2H3. The summed E-state index contributed by atoms with van der Waals surface area (Å²) in [5.74, 6) is 1.04. The van der Waals surface area contributed by atoms with Crippen LogP contribution in [0.1, 0.15) is 18.1 Å². The van der Waals surface area contributed by atoms with Crippen LogP contribution in [0.4, 0.5) is 0 Å². The lowest BCUT2D eigenvalue weighted by atomic mass is 10.1. The van der Waals surface area contributed by atoms with E-state index in [1.165, 1.54) is 16.7 Å². The largest absolute Gasteiger partial charge is 0.493 e. The summed E-state index contributed by atoms with van der Waals surface area (Å²) >= 11 is 0. The molecule has 0 bridgehead atoms. The van der Waals surface area contributed by atoms with Crippen LogP contribution in [0.25, 0.3) is 6.08 Å². The van der Waals surface area contributed by atoms with Crippen molar-refractivity contribution in [1.29, 1.82) is 0 Å². The van der Waals surface area contributed by atoms with Crippen molar-refractivity contribution < 1.29 is 9.47 Å². The van der Waals surface area contributed by atoms with Gasteiger partial charge in [0.25, 0.3) is 0 Å². The van der Waals surface area contributed by atoms with E-state index in [4.69, 9.17) is 9.47 Å². The average Bonchev–Trinajstić information content (AvgIpc) is 2.82. The monoisotopic (exact) mass is 247 g/mol. The fourth-order valence-corrected chi connectivity index (χ4v) is 2.09. The van der Waals surface area contributed by atoms with Crippen LogP contribution in [0.5, 0.6) is 5.75 Å². The summed E-state index contributed by atoms with van der Waals surface area (Å²) in [5, 5.41) is 3.34. The summed E-state index contributed by atoms with van der Waals surface area (Å²) in [4.78, 5) is 0. The molecule has 1 aliphatic rings. The fourth-order valence-electron chi connectivity index (χ4n) is 2.09. The predicted octanol–water partition coefficient (Wildman–Crippen LogP) is 2.26. The maximum Gasteiger partial charge on any atom is 0.122 e. The lowest BCUT2D eigenvalue weighted by Crippen LogP contribution is -2.20. The Hall–Kier alpha value is -1.32. The average molecular weight is 247 g/mol. The van der Waals surface area contributed by atoms with Crippen molar-refractivity contribution in [2.75, 3.05) is 33.4 Å². The molecule has 2 rings (SSSR count). The predicted molar refractivity (Wildman–Crippen MR) is 74.0 cm³/mol. The first-order valence-electron chi connectivity index (χ1n) is 6.42.